The van der Waals surface area contributed by atoms with Crippen LogP contribution in [-0.4, -0.2) is 114 Å². The van der Waals surface area contributed by atoms with Gasteiger partial charge in [-0.15, -0.1) is 0 Å². The molecule has 0 spiro atoms. The van der Waals surface area contributed by atoms with E-state index >= 15 is 0 Å². The second-order valence-electron chi connectivity index (χ2n) is 21.7. The smallest absolute Gasteiger partial charge is 0.323 e. The Morgan fingerprint density at radius 1 is 0.570 bits per heavy atom. The molecule has 0 aliphatic carbocycles. The first-order valence-electron chi connectivity index (χ1n) is 24.5. The van der Waals surface area contributed by atoms with Crippen molar-refractivity contribution in [3.63, 3.8) is 0 Å². The number of anilines is 2. The molecule has 418 valence electrons. The summed E-state index contributed by atoms with van der Waals surface area (Å²) in [7, 11) is -19.3. The molecule has 4 aliphatic heterocycles. The fourth-order valence-electron chi connectivity index (χ4n) is 11.2. The minimum Gasteiger partial charge on any atom is -0.747 e. The van der Waals surface area contributed by atoms with Crippen LogP contribution in [0.2, 0.25) is 0 Å². The van der Waals surface area contributed by atoms with Gasteiger partial charge in [0.15, 0.2) is 21.5 Å². The van der Waals surface area contributed by atoms with E-state index in [1.54, 1.807) is 111 Å². The molecule has 0 saturated carbocycles. The lowest BCUT2D eigenvalue weighted by Crippen LogP contribution is -2.34. The Balaban J connectivity index is 1.07. The van der Waals surface area contributed by atoms with Crippen molar-refractivity contribution in [2.45, 2.75) is 93.4 Å². The van der Waals surface area contributed by atoms with Crippen molar-refractivity contribution in [2.75, 3.05) is 34.6 Å². The van der Waals surface area contributed by atoms with Gasteiger partial charge in [0.2, 0.25) is 23.8 Å². The number of carbonyl (C=O) groups is 2. The molecule has 1 amide bonds. The molecule has 0 bridgehead atoms. The molecule has 0 atom stereocenters. The number of nitrogens with one attached hydrogen (secondary N) is 1. The van der Waals surface area contributed by atoms with Gasteiger partial charge in [-0.3, -0.25) is 9.59 Å². The van der Waals surface area contributed by atoms with Crippen LogP contribution in [0, 0.1) is 0 Å². The molecule has 24 heteroatoms. The monoisotopic (exact) mass is 1160 g/mol. The first kappa shape index (κ1) is 58.3. The van der Waals surface area contributed by atoms with E-state index in [1.807, 2.05) is 39.8 Å². The van der Waals surface area contributed by atoms with Crippen molar-refractivity contribution in [3.8, 4) is 0 Å². The number of allylic oxidation sites excluding steroid dienone is 10. The highest BCUT2D eigenvalue weighted by Gasteiger charge is 2.47. The van der Waals surface area contributed by atoms with Crippen LogP contribution in [0.1, 0.15) is 83.2 Å². The van der Waals surface area contributed by atoms with Crippen molar-refractivity contribution in [1.29, 1.82) is 0 Å². The van der Waals surface area contributed by atoms with E-state index in [9.17, 15) is 66.6 Å². The number of nitrogens with zero attached hydrogens (tertiary/aromatic N) is 4. The molecule has 0 fully saturated rings. The van der Waals surface area contributed by atoms with Crippen LogP contribution < -0.4 is 15.1 Å². The maximum atomic E-state index is 14.1. The van der Waals surface area contributed by atoms with Crippen molar-refractivity contribution in [2.24, 2.45) is 0 Å². The molecule has 4 aliphatic rings. The second-order valence-corrected chi connectivity index (χ2v) is 27.2. The third-order valence-corrected chi connectivity index (χ3v) is 17.8. The predicted molar refractivity (Wildman–Crippen MR) is 291 cm³/mol. The number of amides is 1. The van der Waals surface area contributed by atoms with Gasteiger partial charge in [-0.05, 0) is 92.9 Å². The van der Waals surface area contributed by atoms with Crippen LogP contribution in [0.25, 0.3) is 0 Å². The van der Waals surface area contributed by atoms with Gasteiger partial charge in [-0.1, -0.05) is 82.3 Å². The quantitative estimate of drug-likeness (QED) is 0.0729. The summed E-state index contributed by atoms with van der Waals surface area (Å²) in [5.74, 6) is -3.37. The molecule has 4 aromatic rings. The van der Waals surface area contributed by atoms with E-state index in [0.717, 1.165) is 17.7 Å². The largest absolute Gasteiger partial charge is 0.747 e. The molecule has 0 saturated heterocycles. The second kappa shape index (κ2) is 20.3. The van der Waals surface area contributed by atoms with E-state index in [2.05, 4.69) is 5.32 Å². The highest BCUT2D eigenvalue weighted by atomic mass is 32.2. The first-order chi connectivity index (χ1) is 36.4. The number of aliphatic carboxylic acids is 1. The number of carboxylic acid groups (broad SMARTS) is 1. The number of carboxylic acids is 1. The fourth-order valence-corrected chi connectivity index (χ4v) is 13.3. The normalized spacial score (nSPS) is 19.3. The summed E-state index contributed by atoms with van der Waals surface area (Å²) in [5.41, 5.74) is 3.12. The SMILES string of the molecule is CC1(C)C(=CC=CC2=[N+](CS(=O)(=O)[O-])c3ccccc3C2(C)C)N(CS(=O)(=O)[O-])c2ccc(CNC(=O)C[N+]3=C(/C=C/C=C/C=C4/N(CC(=O)O)c5ccc(S(=O)(=O)[O-])cc5C4(C)C)C(C)(C)c4cc(S(=O)(=O)[O-])ccc43)cc21. The summed E-state index contributed by atoms with van der Waals surface area (Å²) in [6, 6.07) is 19.9. The van der Waals surface area contributed by atoms with Crippen LogP contribution in [0.3, 0.4) is 0 Å². The Kier molecular flexibility index (Phi) is 15.0. The highest BCUT2D eigenvalue weighted by Crippen LogP contribution is 2.50. The van der Waals surface area contributed by atoms with E-state index in [-0.39, 0.29) is 13.1 Å². The fraction of sp³-hybridized carbons (Fsp3) is 0.309. The zero-order valence-corrected chi connectivity index (χ0v) is 47.5. The first-order valence-corrected chi connectivity index (χ1v) is 30.5. The molecule has 0 unspecified atom stereocenters. The molecule has 79 heavy (non-hydrogen) atoms. The van der Waals surface area contributed by atoms with Gasteiger partial charge in [0.25, 0.3) is 5.91 Å². The van der Waals surface area contributed by atoms with Gasteiger partial charge in [-0.25, -0.2) is 33.7 Å². The molecule has 4 aromatic carbocycles. The molecule has 2 N–H and O–H groups in total. The van der Waals surface area contributed by atoms with E-state index in [0.29, 0.717) is 67.8 Å². The Labute approximate surface area is 459 Å². The van der Waals surface area contributed by atoms with Gasteiger partial charge in [0.05, 0.1) is 20.6 Å². The third-order valence-electron chi connectivity index (χ3n) is 15.0. The maximum absolute atomic E-state index is 14.1. The van der Waals surface area contributed by atoms with Crippen LogP contribution in [0.5, 0.6) is 0 Å². The van der Waals surface area contributed by atoms with Crippen LogP contribution in [-0.2, 0) is 78.3 Å². The Hall–Kier alpha value is -6.90. The molecule has 0 radical (unpaired) electrons. The van der Waals surface area contributed by atoms with Crippen molar-refractivity contribution in [3.05, 3.63) is 167 Å². The van der Waals surface area contributed by atoms with Crippen molar-refractivity contribution in [1.82, 2.24) is 5.32 Å². The van der Waals surface area contributed by atoms with Gasteiger partial charge in [-0.2, -0.15) is 9.15 Å². The number of rotatable bonds is 17. The Bertz CT molecular complexity index is 3980. The number of hydrogen-bond donors (Lipinski definition) is 2. The lowest BCUT2D eigenvalue weighted by Gasteiger charge is -2.27. The van der Waals surface area contributed by atoms with Crippen molar-refractivity contribution >= 4 is 86.5 Å². The lowest BCUT2D eigenvalue weighted by molar-refractivity contribution is -0.425. The van der Waals surface area contributed by atoms with Crippen molar-refractivity contribution < 1.29 is 75.7 Å². The topological polar surface area (TPSA) is 308 Å². The molecular weight excluding hydrogens is 1100 g/mol. The minimum atomic E-state index is -4.88. The van der Waals surface area contributed by atoms with Crippen LogP contribution in [0.4, 0.5) is 22.7 Å². The molecule has 4 heterocycles. The average molecular weight is 1160 g/mol. The van der Waals surface area contributed by atoms with E-state index < -0.39 is 102 Å². The summed E-state index contributed by atoms with van der Waals surface area (Å²) in [5, 5.41) is 12.7. The van der Waals surface area contributed by atoms with Gasteiger partial charge in [0, 0.05) is 75.6 Å². The van der Waals surface area contributed by atoms with Gasteiger partial charge < -0.3 is 38.4 Å². The molecular formula is C55H57N5O15S4-2. The summed E-state index contributed by atoms with van der Waals surface area (Å²) in [6.07, 6.45) is 13.2. The Morgan fingerprint density at radius 2 is 1.09 bits per heavy atom. The highest BCUT2D eigenvalue weighted by molar-refractivity contribution is 7.86. The third kappa shape index (κ3) is 11.5. The maximum Gasteiger partial charge on any atom is 0.323 e. The van der Waals surface area contributed by atoms with E-state index in [1.165, 1.54) is 38.6 Å². The molecule has 0 aromatic heterocycles. The van der Waals surface area contributed by atoms with Gasteiger partial charge >= 0.3 is 5.97 Å². The summed E-state index contributed by atoms with van der Waals surface area (Å²) in [6.45, 7) is 13.8. The summed E-state index contributed by atoms with van der Waals surface area (Å²) in [4.78, 5) is 28.0. The Morgan fingerprint density at radius 3 is 1.71 bits per heavy atom. The van der Waals surface area contributed by atoms with Crippen LogP contribution >= 0.6 is 0 Å². The summed E-state index contributed by atoms with van der Waals surface area (Å²) >= 11 is 0. The zero-order chi connectivity index (χ0) is 58.2. The number of benzene rings is 4. The lowest BCUT2D eigenvalue weighted by atomic mass is 9.81. The van der Waals surface area contributed by atoms with Gasteiger partial charge in [0.1, 0.15) is 42.8 Å². The minimum absolute atomic E-state index is 0.0133. The number of fused-ring (bicyclic) bond motifs is 4. The van der Waals surface area contributed by atoms with Crippen LogP contribution in [0.15, 0.2) is 149 Å². The molecule has 8 rings (SSSR count). The predicted octanol–water partition coefficient (Wildman–Crippen LogP) is 5.69. The standard InChI is InChI=1S/C55H59N5O15S4/c1-52(2)38-15-12-13-16-42(38)59(33-76(64,65)66)48(52)19-14-20-49-53(3,4)39-27-35(21-24-45(39)60(49)34-77(67,68)69)30-56-50(61)31-57-43-25-22-36(78(70,71)72)28-40(43)54(5,6)46(57)17-10-9-11-18-47-55(7,8)41-29-37(79(73,74)75)23-26-44(41)58(47)32-51(62)63/h9-29H,30-34H2,1-8H3,(H4-2,56,61,62,63,64,65,66,67,68,69,70,71,72,73,74,75)/p-2. The number of carbonyl (C=O) groups excluding carboxylic acids is 1. The zero-order valence-electron chi connectivity index (χ0n) is 44.2. The summed E-state index contributed by atoms with van der Waals surface area (Å²) < 4.78 is 149. The number of hydrogen-bond acceptors (Lipinski definition) is 16. The number of para-hydroxylation sites is 1. The average Bonchev–Trinajstić information content (AvgIpc) is 3.63. The van der Waals surface area contributed by atoms with E-state index in [4.69, 9.17) is 0 Å². The molecule has 20 nitrogen and oxygen atoms in total.